The molecule has 0 amide bonds. The van der Waals surface area contributed by atoms with E-state index in [1.165, 1.54) is 17.7 Å². The zero-order valence-corrected chi connectivity index (χ0v) is 11.7. The molecule has 3 heteroatoms. The van der Waals surface area contributed by atoms with E-state index in [-0.39, 0.29) is 0 Å². The minimum absolute atomic E-state index is 0.665. The van der Waals surface area contributed by atoms with Crippen molar-refractivity contribution in [2.24, 2.45) is 0 Å². The molecule has 0 aromatic heterocycles. The van der Waals surface area contributed by atoms with Gasteiger partial charge in [-0.1, -0.05) is 24.6 Å². The summed E-state index contributed by atoms with van der Waals surface area (Å²) in [5, 5.41) is 0.838. The van der Waals surface area contributed by atoms with E-state index < -0.39 is 0 Å². The maximum atomic E-state index is 6.11. The fourth-order valence-corrected chi connectivity index (χ4v) is 2.68. The first-order valence-electron chi connectivity index (χ1n) is 6.31. The van der Waals surface area contributed by atoms with E-state index in [0.29, 0.717) is 6.04 Å². The smallest absolute Gasteiger partial charge is 0.0426 e. The zero-order valence-electron chi connectivity index (χ0n) is 10.9. The highest BCUT2D eigenvalue weighted by atomic mass is 35.5. The summed E-state index contributed by atoms with van der Waals surface area (Å²) in [5.41, 5.74) is 2.72. The van der Waals surface area contributed by atoms with Crippen molar-refractivity contribution < 1.29 is 0 Å². The molecule has 1 aromatic carbocycles. The fourth-order valence-electron chi connectivity index (χ4n) is 2.51. The number of aryl methyl sites for hydroxylation is 1. The summed E-state index contributed by atoms with van der Waals surface area (Å²) in [7, 11) is 4.32. The van der Waals surface area contributed by atoms with Gasteiger partial charge in [-0.3, -0.25) is 0 Å². The maximum absolute atomic E-state index is 6.11. The molecule has 0 bridgehead atoms. The topological polar surface area (TPSA) is 6.48 Å². The second kappa shape index (κ2) is 5.28. The molecule has 1 saturated heterocycles. The fraction of sp³-hybridized carbons (Fsp3) is 0.571. The molecule has 0 saturated carbocycles. The van der Waals surface area contributed by atoms with E-state index in [9.17, 15) is 0 Å². The second-order valence-electron chi connectivity index (χ2n) is 4.98. The summed E-state index contributed by atoms with van der Waals surface area (Å²) in [4.78, 5) is 4.78. The Bertz CT molecular complexity index is 390. The minimum atomic E-state index is 0.665. The average Bonchev–Trinajstić information content (AvgIpc) is 2.78. The molecule has 0 aliphatic carbocycles. The summed E-state index contributed by atoms with van der Waals surface area (Å²) in [5.74, 6) is 0. The van der Waals surface area contributed by atoms with Crippen LogP contribution in [0.2, 0.25) is 5.02 Å². The maximum Gasteiger partial charge on any atom is 0.0426 e. The monoisotopic (exact) mass is 252 g/mol. The van der Waals surface area contributed by atoms with Crippen molar-refractivity contribution >= 4 is 17.3 Å². The van der Waals surface area contributed by atoms with Crippen molar-refractivity contribution in [1.82, 2.24) is 4.90 Å². The lowest BCUT2D eigenvalue weighted by molar-refractivity contribution is 0.315. The van der Waals surface area contributed by atoms with Gasteiger partial charge >= 0.3 is 0 Å². The van der Waals surface area contributed by atoms with Gasteiger partial charge in [0.2, 0.25) is 0 Å². The van der Waals surface area contributed by atoms with Crippen LogP contribution in [0.1, 0.15) is 18.9 Å². The third-order valence-electron chi connectivity index (χ3n) is 3.66. The van der Waals surface area contributed by atoms with E-state index >= 15 is 0 Å². The lowest BCUT2D eigenvalue weighted by Gasteiger charge is -2.24. The molecule has 0 spiro atoms. The standard InChI is InChI=1S/C14H21ClN2/c1-4-11-5-6-12(15)9-14(11)17-8-7-13(10-17)16(2)3/h5-6,9,13H,4,7-8,10H2,1-3H3/t13-/m0/s1. The zero-order chi connectivity index (χ0) is 12.4. The number of rotatable bonds is 3. The third-order valence-corrected chi connectivity index (χ3v) is 3.90. The number of hydrogen-bond donors (Lipinski definition) is 0. The molecule has 1 atom stereocenters. The molecule has 1 heterocycles. The number of hydrogen-bond acceptors (Lipinski definition) is 2. The first-order valence-corrected chi connectivity index (χ1v) is 6.69. The first-order chi connectivity index (χ1) is 8.11. The molecule has 17 heavy (non-hydrogen) atoms. The highest BCUT2D eigenvalue weighted by Gasteiger charge is 2.25. The van der Waals surface area contributed by atoms with E-state index in [0.717, 1.165) is 24.5 Å². The van der Waals surface area contributed by atoms with Crippen molar-refractivity contribution in [3.63, 3.8) is 0 Å². The lowest BCUT2D eigenvalue weighted by Crippen LogP contribution is -2.31. The molecule has 1 fully saturated rings. The van der Waals surface area contributed by atoms with Crippen LogP contribution in [-0.4, -0.2) is 38.1 Å². The predicted molar refractivity (Wildman–Crippen MR) is 75.1 cm³/mol. The molecule has 2 nitrogen and oxygen atoms in total. The van der Waals surface area contributed by atoms with Crippen molar-refractivity contribution in [3.8, 4) is 0 Å². The first kappa shape index (κ1) is 12.7. The van der Waals surface area contributed by atoms with E-state index in [2.05, 4.69) is 43.0 Å². The number of halogens is 1. The number of nitrogens with zero attached hydrogens (tertiary/aromatic N) is 2. The van der Waals surface area contributed by atoms with Crippen LogP contribution in [0.4, 0.5) is 5.69 Å². The molecule has 2 rings (SSSR count). The highest BCUT2D eigenvalue weighted by Crippen LogP contribution is 2.29. The Hall–Kier alpha value is -0.730. The Balaban J connectivity index is 2.20. The Kier molecular flexibility index (Phi) is 3.95. The molecule has 1 aliphatic rings. The Labute approximate surface area is 109 Å². The van der Waals surface area contributed by atoms with Crippen molar-refractivity contribution in [2.75, 3.05) is 32.1 Å². The van der Waals surface area contributed by atoms with Gasteiger partial charge < -0.3 is 9.80 Å². The normalized spacial score (nSPS) is 20.3. The molecule has 0 unspecified atom stereocenters. The van der Waals surface area contributed by atoms with Gasteiger partial charge in [-0.05, 0) is 44.6 Å². The van der Waals surface area contributed by atoms with Crippen LogP contribution >= 0.6 is 11.6 Å². The van der Waals surface area contributed by atoms with Gasteiger partial charge in [-0.2, -0.15) is 0 Å². The molecule has 0 N–H and O–H groups in total. The highest BCUT2D eigenvalue weighted by molar-refractivity contribution is 6.30. The molecular formula is C14H21ClN2. The van der Waals surface area contributed by atoms with Crippen LogP contribution in [0.15, 0.2) is 18.2 Å². The number of likely N-dealkylation sites (N-methyl/N-ethyl adjacent to an activating group) is 1. The summed E-state index contributed by atoms with van der Waals surface area (Å²) in [6.45, 7) is 4.45. The third kappa shape index (κ3) is 2.75. The lowest BCUT2D eigenvalue weighted by atomic mass is 10.1. The average molecular weight is 253 g/mol. The Morgan fingerprint density at radius 2 is 2.18 bits per heavy atom. The van der Waals surface area contributed by atoms with E-state index in [1.807, 2.05) is 6.07 Å². The van der Waals surface area contributed by atoms with Gasteiger partial charge in [-0.15, -0.1) is 0 Å². The van der Waals surface area contributed by atoms with Crippen LogP contribution in [0, 0.1) is 0 Å². The number of benzene rings is 1. The van der Waals surface area contributed by atoms with Crippen molar-refractivity contribution in [1.29, 1.82) is 0 Å². The van der Waals surface area contributed by atoms with E-state index in [4.69, 9.17) is 11.6 Å². The molecule has 94 valence electrons. The van der Waals surface area contributed by atoms with Crippen LogP contribution in [0.3, 0.4) is 0 Å². The SMILES string of the molecule is CCc1ccc(Cl)cc1N1CC[C@H](N(C)C)C1. The minimum Gasteiger partial charge on any atom is -0.370 e. The van der Waals surface area contributed by atoms with Gasteiger partial charge in [0, 0.05) is 29.8 Å². The number of anilines is 1. The van der Waals surface area contributed by atoms with Gasteiger partial charge in [0.1, 0.15) is 0 Å². The quantitative estimate of drug-likeness (QED) is 0.816. The van der Waals surface area contributed by atoms with Gasteiger partial charge in [-0.25, -0.2) is 0 Å². The molecular weight excluding hydrogens is 232 g/mol. The van der Waals surface area contributed by atoms with Gasteiger partial charge in [0.25, 0.3) is 0 Å². The second-order valence-corrected chi connectivity index (χ2v) is 5.42. The summed E-state index contributed by atoms with van der Waals surface area (Å²) in [6, 6.07) is 6.92. The van der Waals surface area contributed by atoms with Crippen LogP contribution in [0.5, 0.6) is 0 Å². The molecule has 1 aliphatic heterocycles. The van der Waals surface area contributed by atoms with Crippen LogP contribution in [0.25, 0.3) is 0 Å². The summed E-state index contributed by atoms with van der Waals surface area (Å²) < 4.78 is 0. The summed E-state index contributed by atoms with van der Waals surface area (Å²) >= 11 is 6.11. The Morgan fingerprint density at radius 1 is 1.41 bits per heavy atom. The van der Waals surface area contributed by atoms with Crippen LogP contribution in [-0.2, 0) is 6.42 Å². The van der Waals surface area contributed by atoms with E-state index in [1.54, 1.807) is 0 Å². The largest absolute Gasteiger partial charge is 0.370 e. The van der Waals surface area contributed by atoms with Crippen molar-refractivity contribution in [3.05, 3.63) is 28.8 Å². The van der Waals surface area contributed by atoms with Gasteiger partial charge in [0.15, 0.2) is 0 Å². The predicted octanol–water partition coefficient (Wildman–Crippen LogP) is 3.04. The molecule has 1 aromatic rings. The van der Waals surface area contributed by atoms with Crippen LogP contribution < -0.4 is 4.90 Å². The molecule has 0 radical (unpaired) electrons. The van der Waals surface area contributed by atoms with Gasteiger partial charge in [0.05, 0.1) is 0 Å². The Morgan fingerprint density at radius 3 is 2.76 bits per heavy atom. The summed E-state index contributed by atoms with van der Waals surface area (Å²) in [6.07, 6.45) is 2.30. The van der Waals surface area contributed by atoms with Crippen molar-refractivity contribution in [2.45, 2.75) is 25.8 Å².